The molecule has 1 aromatic heterocycles. The van der Waals surface area contributed by atoms with E-state index < -0.39 is 0 Å². The monoisotopic (exact) mass is 309 g/mol. The van der Waals surface area contributed by atoms with E-state index in [0.29, 0.717) is 12.5 Å². The van der Waals surface area contributed by atoms with E-state index in [1.165, 1.54) is 12.8 Å². The molecule has 5 nitrogen and oxygen atoms in total. The van der Waals surface area contributed by atoms with Gasteiger partial charge in [0.15, 0.2) is 0 Å². The summed E-state index contributed by atoms with van der Waals surface area (Å²) in [7, 11) is 0. The number of rotatable bonds is 6. The Kier molecular flexibility index (Phi) is 4.37. The number of halogens is 1. The highest BCUT2D eigenvalue weighted by Crippen LogP contribution is 2.36. The highest BCUT2D eigenvalue weighted by atomic mass is 79.9. The smallest absolute Gasteiger partial charge is 0.148 e. The van der Waals surface area contributed by atoms with Gasteiger partial charge in [0.2, 0.25) is 0 Å². The average Bonchev–Trinajstić information content (AvgIpc) is 3.19. The molecule has 0 unspecified atom stereocenters. The van der Waals surface area contributed by atoms with E-state index in [2.05, 4.69) is 42.2 Å². The lowest BCUT2D eigenvalue weighted by molar-refractivity contribution is 0.773. The first-order valence-electron chi connectivity index (χ1n) is 6.15. The van der Waals surface area contributed by atoms with Crippen LogP contribution in [0.25, 0.3) is 0 Å². The standard InChI is InChI=1S/C12H16BrN5/c1-2-15-11-10(13)12(17-8-16-11)18(7-3-6-14)9-4-5-9/h8-9H,2-5,7H2,1H3,(H,15,16,17). The number of hydrogen-bond acceptors (Lipinski definition) is 5. The highest BCUT2D eigenvalue weighted by molar-refractivity contribution is 9.10. The van der Waals surface area contributed by atoms with Crippen molar-refractivity contribution in [2.75, 3.05) is 23.3 Å². The Balaban J connectivity index is 2.23. The molecule has 1 saturated carbocycles. The lowest BCUT2D eigenvalue weighted by Crippen LogP contribution is -2.28. The summed E-state index contributed by atoms with van der Waals surface area (Å²) in [5, 5.41) is 11.9. The van der Waals surface area contributed by atoms with Crippen LogP contribution in [0.1, 0.15) is 26.2 Å². The van der Waals surface area contributed by atoms with Crippen molar-refractivity contribution in [2.24, 2.45) is 0 Å². The van der Waals surface area contributed by atoms with E-state index in [9.17, 15) is 0 Å². The third kappa shape index (κ3) is 2.91. The van der Waals surface area contributed by atoms with Crippen molar-refractivity contribution >= 4 is 27.6 Å². The van der Waals surface area contributed by atoms with Gasteiger partial charge in [0.25, 0.3) is 0 Å². The van der Waals surface area contributed by atoms with E-state index in [-0.39, 0.29) is 0 Å². The summed E-state index contributed by atoms with van der Waals surface area (Å²) in [4.78, 5) is 10.8. The molecule has 0 spiro atoms. The minimum Gasteiger partial charge on any atom is -0.369 e. The number of aromatic nitrogens is 2. The van der Waals surface area contributed by atoms with Gasteiger partial charge >= 0.3 is 0 Å². The zero-order valence-corrected chi connectivity index (χ0v) is 11.9. The predicted octanol–water partition coefficient (Wildman–Crippen LogP) is 2.55. The minimum absolute atomic E-state index is 0.517. The van der Waals surface area contributed by atoms with E-state index in [4.69, 9.17) is 5.26 Å². The van der Waals surface area contributed by atoms with Gasteiger partial charge in [-0.1, -0.05) is 0 Å². The van der Waals surface area contributed by atoms with Crippen molar-refractivity contribution in [3.8, 4) is 6.07 Å². The van der Waals surface area contributed by atoms with Gasteiger partial charge in [-0.05, 0) is 35.7 Å². The predicted molar refractivity (Wildman–Crippen MR) is 74.5 cm³/mol. The maximum absolute atomic E-state index is 8.74. The average molecular weight is 310 g/mol. The van der Waals surface area contributed by atoms with E-state index in [1.807, 2.05) is 6.92 Å². The largest absolute Gasteiger partial charge is 0.369 e. The summed E-state index contributed by atoms with van der Waals surface area (Å²) >= 11 is 3.56. The number of nitrogens with zero attached hydrogens (tertiary/aromatic N) is 4. The fourth-order valence-electron chi connectivity index (χ4n) is 1.87. The third-order valence-electron chi connectivity index (χ3n) is 2.84. The Labute approximate surface area is 115 Å². The number of nitriles is 1. The molecule has 1 fully saturated rings. The van der Waals surface area contributed by atoms with Crippen LogP contribution in [0.15, 0.2) is 10.8 Å². The molecule has 6 heteroatoms. The molecule has 0 aliphatic heterocycles. The summed E-state index contributed by atoms with van der Waals surface area (Å²) < 4.78 is 0.886. The minimum atomic E-state index is 0.517. The van der Waals surface area contributed by atoms with Crippen molar-refractivity contribution in [1.82, 2.24) is 9.97 Å². The van der Waals surface area contributed by atoms with Gasteiger partial charge in [-0.15, -0.1) is 0 Å². The van der Waals surface area contributed by atoms with Crippen molar-refractivity contribution < 1.29 is 0 Å². The van der Waals surface area contributed by atoms with Crippen molar-refractivity contribution in [3.63, 3.8) is 0 Å². The number of nitrogens with one attached hydrogen (secondary N) is 1. The van der Waals surface area contributed by atoms with Crippen LogP contribution in [0.5, 0.6) is 0 Å². The molecule has 0 amide bonds. The molecule has 2 rings (SSSR count). The van der Waals surface area contributed by atoms with E-state index in [1.54, 1.807) is 6.33 Å². The summed E-state index contributed by atoms with van der Waals surface area (Å²) in [6.45, 7) is 3.57. The van der Waals surface area contributed by atoms with Gasteiger partial charge in [0.1, 0.15) is 22.4 Å². The molecule has 18 heavy (non-hydrogen) atoms. The summed E-state index contributed by atoms with van der Waals surface area (Å²) in [6, 6.07) is 2.72. The zero-order valence-electron chi connectivity index (χ0n) is 10.4. The summed E-state index contributed by atoms with van der Waals surface area (Å²) in [5.74, 6) is 1.70. The Bertz CT molecular complexity index is 452. The summed E-state index contributed by atoms with van der Waals surface area (Å²) in [6.07, 6.45) is 4.44. The van der Waals surface area contributed by atoms with Crippen LogP contribution >= 0.6 is 15.9 Å². The zero-order chi connectivity index (χ0) is 13.0. The van der Waals surface area contributed by atoms with Crippen LogP contribution in [0.2, 0.25) is 0 Å². The molecule has 1 aromatic rings. The van der Waals surface area contributed by atoms with Crippen LogP contribution in [0.3, 0.4) is 0 Å². The molecule has 96 valence electrons. The fraction of sp³-hybridized carbons (Fsp3) is 0.583. The fourth-order valence-corrected chi connectivity index (χ4v) is 2.44. The molecule has 0 saturated heterocycles. The van der Waals surface area contributed by atoms with Crippen LogP contribution in [0, 0.1) is 11.3 Å². The Morgan fingerprint density at radius 1 is 1.56 bits per heavy atom. The maximum atomic E-state index is 8.74. The van der Waals surface area contributed by atoms with Gasteiger partial charge in [0, 0.05) is 19.1 Å². The molecule has 0 bridgehead atoms. The van der Waals surface area contributed by atoms with Gasteiger partial charge in [-0.25, -0.2) is 9.97 Å². The van der Waals surface area contributed by atoms with Crippen molar-refractivity contribution in [2.45, 2.75) is 32.2 Å². The van der Waals surface area contributed by atoms with E-state index >= 15 is 0 Å². The number of hydrogen-bond donors (Lipinski definition) is 1. The summed E-state index contributed by atoms with van der Waals surface area (Å²) in [5.41, 5.74) is 0. The molecule has 1 aliphatic rings. The molecule has 1 heterocycles. The highest BCUT2D eigenvalue weighted by Gasteiger charge is 2.31. The van der Waals surface area contributed by atoms with E-state index in [0.717, 1.165) is 29.2 Å². The number of anilines is 2. The van der Waals surface area contributed by atoms with Gasteiger partial charge in [-0.2, -0.15) is 5.26 Å². The van der Waals surface area contributed by atoms with Gasteiger partial charge in [-0.3, -0.25) is 0 Å². The second-order valence-corrected chi connectivity index (χ2v) is 5.02. The van der Waals surface area contributed by atoms with Crippen LogP contribution < -0.4 is 10.2 Å². The quantitative estimate of drug-likeness (QED) is 0.875. The maximum Gasteiger partial charge on any atom is 0.148 e. The molecule has 0 atom stereocenters. The van der Waals surface area contributed by atoms with Gasteiger partial charge < -0.3 is 10.2 Å². The molecule has 0 radical (unpaired) electrons. The topological polar surface area (TPSA) is 64.8 Å². The molecule has 0 aromatic carbocycles. The Morgan fingerprint density at radius 2 is 2.33 bits per heavy atom. The molecular formula is C12H16BrN5. The van der Waals surface area contributed by atoms with Gasteiger partial charge in [0.05, 0.1) is 12.5 Å². The normalized spacial score (nSPS) is 14.1. The second kappa shape index (κ2) is 6.01. The Morgan fingerprint density at radius 3 is 2.94 bits per heavy atom. The van der Waals surface area contributed by atoms with Crippen LogP contribution in [0.4, 0.5) is 11.6 Å². The molecular weight excluding hydrogens is 294 g/mol. The Hall–Kier alpha value is -1.35. The lowest BCUT2D eigenvalue weighted by atomic mass is 10.3. The first kappa shape index (κ1) is 13.1. The second-order valence-electron chi connectivity index (χ2n) is 4.22. The van der Waals surface area contributed by atoms with Crippen molar-refractivity contribution in [1.29, 1.82) is 5.26 Å². The molecule has 1 aliphatic carbocycles. The lowest BCUT2D eigenvalue weighted by Gasteiger charge is -2.24. The third-order valence-corrected chi connectivity index (χ3v) is 3.57. The molecule has 1 N–H and O–H groups in total. The van der Waals surface area contributed by atoms with Crippen molar-refractivity contribution in [3.05, 3.63) is 10.8 Å². The first-order valence-corrected chi connectivity index (χ1v) is 6.95. The van der Waals surface area contributed by atoms with Crippen LogP contribution in [-0.4, -0.2) is 29.1 Å². The van der Waals surface area contributed by atoms with Crippen LogP contribution in [-0.2, 0) is 0 Å². The SMILES string of the molecule is CCNc1ncnc(N(CCC#N)C2CC2)c1Br. The first-order chi connectivity index (χ1) is 8.77.